The number of esters is 1. The highest BCUT2D eigenvalue weighted by atomic mass is 16.5. The Kier molecular flexibility index (Phi) is 4.69. The summed E-state index contributed by atoms with van der Waals surface area (Å²) in [6.45, 7) is 7.08. The lowest BCUT2D eigenvalue weighted by Gasteiger charge is -2.34. The van der Waals surface area contributed by atoms with Crippen molar-refractivity contribution in [1.82, 2.24) is 4.90 Å². The summed E-state index contributed by atoms with van der Waals surface area (Å²) in [4.78, 5) is 25.3. The molecule has 22 heavy (non-hydrogen) atoms. The van der Waals surface area contributed by atoms with Gasteiger partial charge in [-0.25, -0.2) is 4.79 Å². The van der Waals surface area contributed by atoms with Crippen LogP contribution in [0.25, 0.3) is 0 Å². The molecule has 4 nitrogen and oxygen atoms in total. The second-order valence-electron chi connectivity index (χ2n) is 6.64. The van der Waals surface area contributed by atoms with Gasteiger partial charge in [0.25, 0.3) is 0 Å². The Morgan fingerprint density at radius 3 is 2.41 bits per heavy atom. The smallest absolute Gasteiger partial charge is 0.337 e. The van der Waals surface area contributed by atoms with Crippen molar-refractivity contribution >= 4 is 11.9 Å². The Bertz CT molecular complexity index is 581. The molecule has 0 fully saturated rings. The van der Waals surface area contributed by atoms with E-state index in [0.717, 1.165) is 12.0 Å². The van der Waals surface area contributed by atoms with Crippen LogP contribution in [0.4, 0.5) is 0 Å². The van der Waals surface area contributed by atoms with E-state index in [4.69, 9.17) is 0 Å². The Morgan fingerprint density at radius 1 is 1.23 bits per heavy atom. The SMILES string of the molecule is COC(=O)c1ccc(CCN2C(=O)C=C[C@@H]2C(C)(C)C)cc1. The molecule has 0 aliphatic carbocycles. The van der Waals surface area contributed by atoms with Gasteiger partial charge in [-0.2, -0.15) is 0 Å². The second kappa shape index (κ2) is 6.34. The average Bonchev–Trinajstić information content (AvgIpc) is 2.86. The molecule has 0 N–H and O–H groups in total. The minimum atomic E-state index is -0.335. The third-order valence-electron chi connectivity index (χ3n) is 3.94. The maximum atomic E-state index is 12.0. The van der Waals surface area contributed by atoms with Gasteiger partial charge in [0.15, 0.2) is 0 Å². The summed E-state index contributed by atoms with van der Waals surface area (Å²) >= 11 is 0. The Balaban J connectivity index is 2.00. The molecule has 2 rings (SSSR count). The topological polar surface area (TPSA) is 46.6 Å². The van der Waals surface area contributed by atoms with E-state index in [0.29, 0.717) is 12.1 Å². The van der Waals surface area contributed by atoms with Crippen LogP contribution in [0, 0.1) is 5.41 Å². The van der Waals surface area contributed by atoms with Crippen LogP contribution in [0.15, 0.2) is 36.4 Å². The number of hydrogen-bond donors (Lipinski definition) is 0. The lowest BCUT2D eigenvalue weighted by Crippen LogP contribution is -2.43. The van der Waals surface area contributed by atoms with E-state index in [1.165, 1.54) is 7.11 Å². The van der Waals surface area contributed by atoms with Crippen molar-refractivity contribution in [3.05, 3.63) is 47.5 Å². The largest absolute Gasteiger partial charge is 0.465 e. The molecule has 4 heteroatoms. The summed E-state index contributed by atoms with van der Waals surface area (Å²) in [7, 11) is 1.37. The third-order valence-corrected chi connectivity index (χ3v) is 3.94. The molecule has 1 aromatic carbocycles. The molecule has 0 saturated heterocycles. The van der Waals surface area contributed by atoms with Gasteiger partial charge in [-0.05, 0) is 29.5 Å². The molecule has 1 aliphatic rings. The molecule has 0 unspecified atom stereocenters. The highest BCUT2D eigenvalue weighted by Crippen LogP contribution is 2.29. The predicted molar refractivity (Wildman–Crippen MR) is 85.6 cm³/mol. The van der Waals surface area contributed by atoms with E-state index < -0.39 is 0 Å². The van der Waals surface area contributed by atoms with Gasteiger partial charge in [0, 0.05) is 12.6 Å². The monoisotopic (exact) mass is 301 g/mol. The van der Waals surface area contributed by atoms with E-state index in [-0.39, 0.29) is 23.3 Å². The van der Waals surface area contributed by atoms with Gasteiger partial charge in [0.05, 0.1) is 18.7 Å². The van der Waals surface area contributed by atoms with E-state index in [2.05, 4.69) is 25.5 Å². The van der Waals surface area contributed by atoms with E-state index in [1.54, 1.807) is 18.2 Å². The van der Waals surface area contributed by atoms with Gasteiger partial charge >= 0.3 is 5.97 Å². The number of carbonyl (C=O) groups excluding carboxylic acids is 2. The van der Waals surface area contributed by atoms with Crippen molar-refractivity contribution in [2.75, 3.05) is 13.7 Å². The predicted octanol–water partition coefficient (Wildman–Crippen LogP) is 2.83. The highest BCUT2D eigenvalue weighted by molar-refractivity contribution is 5.91. The number of rotatable bonds is 4. The lowest BCUT2D eigenvalue weighted by molar-refractivity contribution is -0.127. The molecule has 0 spiro atoms. The molecular formula is C18H23NO3. The first-order chi connectivity index (χ1) is 10.3. The Labute approximate surface area is 131 Å². The molecule has 0 aromatic heterocycles. The quantitative estimate of drug-likeness (QED) is 0.803. The van der Waals surface area contributed by atoms with Gasteiger partial charge in [-0.3, -0.25) is 4.79 Å². The molecule has 1 aliphatic heterocycles. The fourth-order valence-electron chi connectivity index (χ4n) is 2.69. The highest BCUT2D eigenvalue weighted by Gasteiger charge is 2.34. The number of methoxy groups -OCH3 is 1. The second-order valence-corrected chi connectivity index (χ2v) is 6.64. The van der Waals surface area contributed by atoms with Crippen LogP contribution in [0.5, 0.6) is 0 Å². The van der Waals surface area contributed by atoms with Crippen molar-refractivity contribution in [2.24, 2.45) is 5.41 Å². The number of hydrogen-bond acceptors (Lipinski definition) is 3. The number of ether oxygens (including phenoxy) is 1. The maximum Gasteiger partial charge on any atom is 0.337 e. The summed E-state index contributed by atoms with van der Waals surface area (Å²) in [5, 5.41) is 0. The fraction of sp³-hybridized carbons (Fsp3) is 0.444. The Morgan fingerprint density at radius 2 is 1.86 bits per heavy atom. The molecule has 118 valence electrons. The fourth-order valence-corrected chi connectivity index (χ4v) is 2.69. The van der Waals surface area contributed by atoms with Gasteiger partial charge in [0.2, 0.25) is 5.91 Å². The van der Waals surface area contributed by atoms with E-state index in [9.17, 15) is 9.59 Å². The number of nitrogens with zero attached hydrogens (tertiary/aromatic N) is 1. The van der Waals surface area contributed by atoms with Crippen molar-refractivity contribution in [2.45, 2.75) is 33.2 Å². The zero-order valence-corrected chi connectivity index (χ0v) is 13.6. The molecular weight excluding hydrogens is 278 g/mol. The molecule has 1 aromatic rings. The van der Waals surface area contributed by atoms with Crippen LogP contribution in [0.3, 0.4) is 0 Å². The molecule has 0 saturated carbocycles. The third kappa shape index (κ3) is 3.56. The van der Waals surface area contributed by atoms with Gasteiger partial charge in [-0.15, -0.1) is 0 Å². The molecule has 1 heterocycles. The van der Waals surface area contributed by atoms with Gasteiger partial charge in [0.1, 0.15) is 0 Å². The first kappa shape index (κ1) is 16.3. The number of amides is 1. The van der Waals surface area contributed by atoms with Gasteiger partial charge in [-0.1, -0.05) is 39.0 Å². The number of carbonyl (C=O) groups is 2. The van der Waals surface area contributed by atoms with Gasteiger partial charge < -0.3 is 9.64 Å². The maximum absolute atomic E-state index is 12.0. The summed E-state index contributed by atoms with van der Waals surface area (Å²) < 4.78 is 4.68. The first-order valence-electron chi connectivity index (χ1n) is 7.49. The first-order valence-corrected chi connectivity index (χ1v) is 7.49. The van der Waals surface area contributed by atoms with Crippen LogP contribution < -0.4 is 0 Å². The van der Waals surface area contributed by atoms with Crippen molar-refractivity contribution in [1.29, 1.82) is 0 Å². The zero-order valence-electron chi connectivity index (χ0n) is 13.6. The molecule has 1 atom stereocenters. The lowest BCUT2D eigenvalue weighted by atomic mass is 9.86. The van der Waals surface area contributed by atoms with Crippen LogP contribution in [0.2, 0.25) is 0 Å². The van der Waals surface area contributed by atoms with Crippen molar-refractivity contribution in [3.8, 4) is 0 Å². The van der Waals surface area contributed by atoms with E-state index >= 15 is 0 Å². The summed E-state index contributed by atoms with van der Waals surface area (Å²) in [5.74, 6) is -0.260. The molecule has 0 bridgehead atoms. The normalized spacial score (nSPS) is 17.9. The average molecular weight is 301 g/mol. The summed E-state index contributed by atoms with van der Waals surface area (Å²) in [5.41, 5.74) is 1.66. The zero-order chi connectivity index (χ0) is 16.3. The van der Waals surface area contributed by atoms with Crippen LogP contribution >= 0.6 is 0 Å². The minimum absolute atomic E-state index is 0.0252. The summed E-state index contributed by atoms with van der Waals surface area (Å²) in [6.07, 6.45) is 4.42. The van der Waals surface area contributed by atoms with Crippen LogP contribution in [-0.4, -0.2) is 36.5 Å². The molecule has 0 radical (unpaired) electrons. The number of benzene rings is 1. The standard InChI is InChI=1S/C18H23NO3/c1-18(2,3)15-9-10-16(20)19(15)12-11-13-5-7-14(8-6-13)17(21)22-4/h5-10,15H,11-12H2,1-4H3/t15-/m1/s1. The van der Waals surface area contributed by atoms with Crippen LogP contribution in [0.1, 0.15) is 36.7 Å². The Hall–Kier alpha value is -2.10. The molecule has 1 amide bonds. The van der Waals surface area contributed by atoms with Crippen molar-refractivity contribution < 1.29 is 14.3 Å². The minimum Gasteiger partial charge on any atom is -0.465 e. The van der Waals surface area contributed by atoms with Crippen LogP contribution in [-0.2, 0) is 16.0 Å². The summed E-state index contributed by atoms with van der Waals surface area (Å²) in [6, 6.07) is 7.46. The van der Waals surface area contributed by atoms with E-state index in [1.807, 2.05) is 23.1 Å². The van der Waals surface area contributed by atoms with Crippen molar-refractivity contribution in [3.63, 3.8) is 0 Å².